The first-order valence-corrected chi connectivity index (χ1v) is 7.82. The van der Waals surface area contributed by atoms with Gasteiger partial charge < -0.3 is 9.88 Å². The number of hydrogen-bond donors (Lipinski definition) is 1. The van der Waals surface area contributed by atoms with E-state index in [4.69, 9.17) is 0 Å². The molecule has 0 aliphatic carbocycles. The van der Waals surface area contributed by atoms with Gasteiger partial charge in [-0.1, -0.05) is 20.3 Å². The largest absolute Gasteiger partial charge is 0.315 e. The Kier molecular flexibility index (Phi) is 5.38. The number of fused-ring (bicyclic) bond motifs is 1. The SMILES string of the molecule is CCCCn1c2c(cc(CNC)c1=O)CN(CC)CC2. The van der Waals surface area contributed by atoms with Gasteiger partial charge in [0.2, 0.25) is 0 Å². The third-order valence-corrected chi connectivity index (χ3v) is 4.17. The maximum absolute atomic E-state index is 12.6. The normalized spacial score (nSPS) is 15.3. The average Bonchev–Trinajstić information content (AvgIpc) is 2.47. The third-order valence-electron chi connectivity index (χ3n) is 4.17. The van der Waals surface area contributed by atoms with Crippen molar-refractivity contribution < 1.29 is 0 Å². The molecule has 0 saturated heterocycles. The molecular weight excluding hydrogens is 250 g/mol. The van der Waals surface area contributed by atoms with Gasteiger partial charge in [-0.05, 0) is 31.6 Å². The predicted octanol–water partition coefficient (Wildman–Crippen LogP) is 1.75. The standard InChI is InChI=1S/C16H27N3O/c1-4-6-8-19-15-7-9-18(5-2)12-14(15)10-13(11-17-3)16(19)20/h10,17H,4-9,11-12H2,1-3H3. The van der Waals surface area contributed by atoms with Crippen LogP contribution in [-0.2, 0) is 26.1 Å². The molecule has 0 atom stereocenters. The maximum atomic E-state index is 12.6. The second-order valence-corrected chi connectivity index (χ2v) is 5.60. The van der Waals surface area contributed by atoms with Crippen molar-refractivity contribution in [2.75, 3.05) is 20.1 Å². The summed E-state index contributed by atoms with van der Waals surface area (Å²) in [7, 11) is 1.90. The van der Waals surface area contributed by atoms with E-state index in [9.17, 15) is 4.79 Å². The van der Waals surface area contributed by atoms with Gasteiger partial charge in [0.05, 0.1) is 0 Å². The summed E-state index contributed by atoms with van der Waals surface area (Å²) in [6, 6.07) is 2.12. The molecule has 0 bridgehead atoms. The molecule has 1 aromatic heterocycles. The van der Waals surface area contributed by atoms with E-state index in [-0.39, 0.29) is 5.56 Å². The number of pyridine rings is 1. The molecule has 4 heteroatoms. The Labute approximate surface area is 121 Å². The summed E-state index contributed by atoms with van der Waals surface area (Å²) in [6.07, 6.45) is 3.20. The van der Waals surface area contributed by atoms with Crippen LogP contribution >= 0.6 is 0 Å². The fraction of sp³-hybridized carbons (Fsp3) is 0.688. The molecule has 1 N–H and O–H groups in total. The van der Waals surface area contributed by atoms with Crippen LogP contribution in [0.1, 0.15) is 43.5 Å². The fourth-order valence-corrected chi connectivity index (χ4v) is 2.98. The van der Waals surface area contributed by atoms with E-state index in [0.717, 1.165) is 51.0 Å². The summed E-state index contributed by atoms with van der Waals surface area (Å²) in [5.74, 6) is 0. The highest BCUT2D eigenvalue weighted by Crippen LogP contribution is 2.19. The highest BCUT2D eigenvalue weighted by atomic mass is 16.1. The molecule has 4 nitrogen and oxygen atoms in total. The van der Waals surface area contributed by atoms with E-state index in [0.29, 0.717) is 6.54 Å². The minimum Gasteiger partial charge on any atom is -0.315 e. The molecule has 2 rings (SSSR count). The van der Waals surface area contributed by atoms with Crippen LogP contribution in [0.5, 0.6) is 0 Å². The van der Waals surface area contributed by atoms with Crippen LogP contribution in [0.3, 0.4) is 0 Å². The van der Waals surface area contributed by atoms with Crippen molar-refractivity contribution in [1.82, 2.24) is 14.8 Å². The minimum absolute atomic E-state index is 0.205. The molecule has 1 aliphatic rings. The highest BCUT2D eigenvalue weighted by molar-refractivity contribution is 5.29. The Morgan fingerprint density at radius 3 is 2.80 bits per heavy atom. The van der Waals surface area contributed by atoms with Gasteiger partial charge in [-0.15, -0.1) is 0 Å². The Hall–Kier alpha value is -1.13. The van der Waals surface area contributed by atoms with E-state index < -0.39 is 0 Å². The molecule has 0 fully saturated rings. The van der Waals surface area contributed by atoms with Gasteiger partial charge in [0.25, 0.3) is 5.56 Å². The second-order valence-electron chi connectivity index (χ2n) is 5.60. The van der Waals surface area contributed by atoms with E-state index >= 15 is 0 Å². The molecule has 1 aliphatic heterocycles. The molecule has 0 spiro atoms. The van der Waals surface area contributed by atoms with E-state index in [1.807, 2.05) is 11.6 Å². The van der Waals surface area contributed by atoms with Gasteiger partial charge in [0.15, 0.2) is 0 Å². The van der Waals surface area contributed by atoms with Crippen molar-refractivity contribution in [3.8, 4) is 0 Å². The van der Waals surface area contributed by atoms with Crippen LogP contribution in [0.4, 0.5) is 0 Å². The number of hydrogen-bond acceptors (Lipinski definition) is 3. The topological polar surface area (TPSA) is 37.3 Å². The molecule has 20 heavy (non-hydrogen) atoms. The van der Waals surface area contributed by atoms with Gasteiger partial charge in [-0.25, -0.2) is 0 Å². The Balaban J connectivity index is 2.42. The van der Waals surface area contributed by atoms with Gasteiger partial charge in [0.1, 0.15) is 0 Å². The summed E-state index contributed by atoms with van der Waals surface area (Å²) < 4.78 is 2.04. The first kappa shape index (κ1) is 15.3. The maximum Gasteiger partial charge on any atom is 0.255 e. The van der Waals surface area contributed by atoms with Gasteiger partial charge in [-0.3, -0.25) is 9.69 Å². The zero-order chi connectivity index (χ0) is 14.5. The second kappa shape index (κ2) is 7.04. The van der Waals surface area contributed by atoms with Crippen molar-refractivity contribution in [3.05, 3.63) is 33.2 Å². The number of aromatic nitrogens is 1. The summed E-state index contributed by atoms with van der Waals surface area (Å²) in [6.45, 7) is 9.02. The number of likely N-dealkylation sites (N-methyl/N-ethyl adjacent to an activating group) is 1. The van der Waals surface area contributed by atoms with Crippen LogP contribution in [0.25, 0.3) is 0 Å². The van der Waals surface area contributed by atoms with Gasteiger partial charge in [0, 0.05) is 43.9 Å². The molecule has 0 saturated carbocycles. The van der Waals surface area contributed by atoms with Crippen LogP contribution in [0.2, 0.25) is 0 Å². The van der Waals surface area contributed by atoms with Crippen molar-refractivity contribution in [2.24, 2.45) is 0 Å². The lowest BCUT2D eigenvalue weighted by Gasteiger charge is -2.30. The minimum atomic E-state index is 0.205. The first-order chi connectivity index (χ1) is 9.71. The highest BCUT2D eigenvalue weighted by Gasteiger charge is 2.20. The van der Waals surface area contributed by atoms with Crippen molar-refractivity contribution in [2.45, 2.75) is 52.7 Å². The van der Waals surface area contributed by atoms with Gasteiger partial charge in [-0.2, -0.15) is 0 Å². The molecule has 0 aromatic carbocycles. The fourth-order valence-electron chi connectivity index (χ4n) is 2.98. The smallest absolute Gasteiger partial charge is 0.255 e. The Bertz CT molecular complexity index is 507. The van der Waals surface area contributed by atoms with Crippen LogP contribution < -0.4 is 10.9 Å². The Morgan fingerprint density at radius 1 is 1.35 bits per heavy atom. The third kappa shape index (κ3) is 3.13. The van der Waals surface area contributed by atoms with Gasteiger partial charge >= 0.3 is 0 Å². The zero-order valence-electron chi connectivity index (χ0n) is 13.0. The molecular formula is C16H27N3O. The quantitative estimate of drug-likeness (QED) is 0.861. The predicted molar refractivity (Wildman–Crippen MR) is 83.0 cm³/mol. The first-order valence-electron chi connectivity index (χ1n) is 7.82. The van der Waals surface area contributed by atoms with E-state index in [2.05, 4.69) is 30.1 Å². The molecule has 0 unspecified atom stereocenters. The number of nitrogens with one attached hydrogen (secondary N) is 1. The molecule has 0 radical (unpaired) electrons. The lowest BCUT2D eigenvalue weighted by atomic mass is 10.0. The molecule has 112 valence electrons. The monoisotopic (exact) mass is 277 g/mol. The van der Waals surface area contributed by atoms with Crippen molar-refractivity contribution in [3.63, 3.8) is 0 Å². The number of nitrogens with zero attached hydrogens (tertiary/aromatic N) is 2. The summed E-state index contributed by atoms with van der Waals surface area (Å²) in [4.78, 5) is 15.0. The van der Waals surface area contributed by atoms with E-state index in [1.54, 1.807) is 0 Å². The molecule has 1 aromatic rings. The summed E-state index contributed by atoms with van der Waals surface area (Å²) >= 11 is 0. The van der Waals surface area contributed by atoms with Crippen LogP contribution in [-0.4, -0.2) is 29.6 Å². The summed E-state index contributed by atoms with van der Waals surface area (Å²) in [5.41, 5.74) is 3.73. The van der Waals surface area contributed by atoms with Crippen LogP contribution in [0.15, 0.2) is 10.9 Å². The van der Waals surface area contributed by atoms with E-state index in [1.165, 1.54) is 11.3 Å². The number of rotatable bonds is 6. The summed E-state index contributed by atoms with van der Waals surface area (Å²) in [5, 5.41) is 3.11. The molecule has 2 heterocycles. The Morgan fingerprint density at radius 2 is 2.15 bits per heavy atom. The van der Waals surface area contributed by atoms with Crippen molar-refractivity contribution >= 4 is 0 Å². The average molecular weight is 277 g/mol. The van der Waals surface area contributed by atoms with Crippen LogP contribution in [0, 0.1) is 0 Å². The zero-order valence-corrected chi connectivity index (χ0v) is 13.0. The lowest BCUT2D eigenvalue weighted by Crippen LogP contribution is -2.37. The van der Waals surface area contributed by atoms with Crippen molar-refractivity contribution in [1.29, 1.82) is 0 Å². The lowest BCUT2D eigenvalue weighted by molar-refractivity contribution is 0.261. The molecule has 0 amide bonds. The number of unbranched alkanes of at least 4 members (excludes halogenated alkanes) is 1.